The molecule has 0 aromatic heterocycles. The van der Waals surface area contributed by atoms with Crippen molar-refractivity contribution in [1.29, 1.82) is 0 Å². The van der Waals surface area contributed by atoms with Gasteiger partial charge in [0.1, 0.15) is 17.7 Å². The number of hydrogen-bond acceptors (Lipinski definition) is 3. The predicted molar refractivity (Wildman–Crippen MR) is 96.5 cm³/mol. The van der Waals surface area contributed by atoms with Crippen molar-refractivity contribution >= 4 is 34.2 Å². The molecule has 3 rings (SSSR count). The second-order valence-electron chi connectivity index (χ2n) is 6.35. The molecular formula is C17H22FIN2O2. The van der Waals surface area contributed by atoms with Gasteiger partial charge in [-0.15, -0.1) is 0 Å². The van der Waals surface area contributed by atoms with Crippen LogP contribution in [0.1, 0.15) is 32.1 Å². The van der Waals surface area contributed by atoms with Gasteiger partial charge in [-0.05, 0) is 31.7 Å². The molecule has 1 aromatic rings. The zero-order valence-electron chi connectivity index (χ0n) is 13.1. The lowest BCUT2D eigenvalue weighted by Gasteiger charge is -2.30. The first-order valence-electron chi connectivity index (χ1n) is 8.20. The lowest BCUT2D eigenvalue weighted by Crippen LogP contribution is -2.37. The Morgan fingerprint density at radius 2 is 2.00 bits per heavy atom. The number of carbonyl (C=O) groups excluding carboxylic acids is 1. The molecule has 4 nitrogen and oxygen atoms in total. The highest BCUT2D eigenvalue weighted by Gasteiger charge is 2.25. The van der Waals surface area contributed by atoms with Crippen molar-refractivity contribution in [2.24, 2.45) is 5.92 Å². The second kappa shape index (κ2) is 7.79. The minimum Gasteiger partial charge on any atom is -0.490 e. The molecule has 1 heterocycles. The molecule has 1 aliphatic heterocycles. The van der Waals surface area contributed by atoms with Crippen LogP contribution >= 0.6 is 22.6 Å². The number of anilines is 1. The fraction of sp³-hybridized carbons (Fsp3) is 0.588. The van der Waals surface area contributed by atoms with Crippen molar-refractivity contribution in [3.63, 3.8) is 0 Å². The van der Waals surface area contributed by atoms with E-state index in [1.165, 1.54) is 12.1 Å². The normalized spacial score (nSPS) is 20.1. The molecule has 0 spiro atoms. The summed E-state index contributed by atoms with van der Waals surface area (Å²) in [7, 11) is 0. The van der Waals surface area contributed by atoms with Gasteiger partial charge in [0.2, 0.25) is 5.91 Å². The molecule has 1 aromatic carbocycles. The first-order chi connectivity index (χ1) is 11.1. The van der Waals surface area contributed by atoms with Crippen LogP contribution in [-0.4, -0.2) is 34.6 Å². The Bertz CT molecular complexity index is 558. The number of benzene rings is 1. The van der Waals surface area contributed by atoms with E-state index in [0.717, 1.165) is 49.7 Å². The molecular weight excluding hydrogens is 410 g/mol. The number of amides is 1. The molecule has 1 N–H and O–H groups in total. The molecule has 126 valence electrons. The van der Waals surface area contributed by atoms with Gasteiger partial charge >= 0.3 is 0 Å². The van der Waals surface area contributed by atoms with Gasteiger partial charge in [0.15, 0.2) is 0 Å². The van der Waals surface area contributed by atoms with Gasteiger partial charge < -0.3 is 10.1 Å². The highest BCUT2D eigenvalue weighted by molar-refractivity contribution is 14.1. The van der Waals surface area contributed by atoms with Crippen molar-refractivity contribution in [2.45, 2.75) is 38.2 Å². The van der Waals surface area contributed by atoms with Crippen molar-refractivity contribution in [1.82, 2.24) is 4.90 Å². The molecule has 0 bridgehead atoms. The number of hydrogen-bond donors (Lipinski definition) is 1. The van der Waals surface area contributed by atoms with Crippen molar-refractivity contribution in [2.75, 3.05) is 23.0 Å². The zero-order chi connectivity index (χ0) is 16.2. The van der Waals surface area contributed by atoms with Gasteiger partial charge in [0.25, 0.3) is 0 Å². The molecule has 2 aliphatic rings. The molecule has 1 aliphatic carbocycles. The van der Waals surface area contributed by atoms with Crippen LogP contribution in [0.25, 0.3) is 0 Å². The van der Waals surface area contributed by atoms with Crippen LogP contribution in [0, 0.1) is 11.7 Å². The monoisotopic (exact) mass is 432 g/mol. The third-order valence-electron chi connectivity index (χ3n) is 4.62. The van der Waals surface area contributed by atoms with Crippen LogP contribution in [0.4, 0.5) is 10.1 Å². The lowest BCUT2D eigenvalue weighted by molar-refractivity contribution is -0.122. The highest BCUT2D eigenvalue weighted by Crippen LogP contribution is 2.29. The quantitative estimate of drug-likeness (QED) is 0.437. The van der Waals surface area contributed by atoms with Crippen LogP contribution in [0.2, 0.25) is 0 Å². The number of likely N-dealkylation sites (tertiary alicyclic amines) is 1. The number of ether oxygens (including phenoxy) is 1. The summed E-state index contributed by atoms with van der Waals surface area (Å²) in [5.74, 6) is 0.196. The number of nitrogens with zero attached hydrogens (tertiary/aromatic N) is 1. The average molecular weight is 432 g/mol. The van der Waals surface area contributed by atoms with Crippen LogP contribution < -0.4 is 10.1 Å². The Labute approximate surface area is 149 Å². The topological polar surface area (TPSA) is 41.6 Å². The van der Waals surface area contributed by atoms with Gasteiger partial charge in [0.05, 0.1) is 4.55 Å². The molecule has 6 heteroatoms. The summed E-state index contributed by atoms with van der Waals surface area (Å²) in [6.07, 6.45) is 4.98. The smallest absolute Gasteiger partial charge is 0.227 e. The Kier molecular flexibility index (Phi) is 5.74. The minimum atomic E-state index is -0.379. The van der Waals surface area contributed by atoms with Crippen molar-refractivity contribution in [3.8, 4) is 5.75 Å². The molecule has 0 atom stereocenters. The van der Waals surface area contributed by atoms with Gasteiger partial charge in [-0.25, -0.2) is 4.39 Å². The maximum absolute atomic E-state index is 13.8. The fourth-order valence-corrected chi connectivity index (χ4v) is 3.64. The first-order valence-corrected chi connectivity index (χ1v) is 9.73. The van der Waals surface area contributed by atoms with E-state index in [1.807, 2.05) is 0 Å². The SMILES string of the molecule is O=C(Nc1cc(F)cc(OC2CCN(CI)CC2)c1)C1CCC1. The molecule has 0 unspecified atom stereocenters. The van der Waals surface area contributed by atoms with Gasteiger partial charge in [-0.2, -0.15) is 0 Å². The highest BCUT2D eigenvalue weighted by atomic mass is 127. The summed E-state index contributed by atoms with van der Waals surface area (Å²) in [5, 5.41) is 2.81. The number of alkyl halides is 1. The largest absolute Gasteiger partial charge is 0.490 e. The maximum atomic E-state index is 13.8. The maximum Gasteiger partial charge on any atom is 0.227 e. The van der Waals surface area contributed by atoms with E-state index in [2.05, 4.69) is 32.8 Å². The number of halogens is 2. The standard InChI is InChI=1S/C17H22FIN2O2/c18-13-8-14(20-17(22)12-2-1-3-12)10-16(9-13)23-15-4-6-21(11-19)7-5-15/h8-10,12,15H,1-7,11H2,(H,20,22). The summed E-state index contributed by atoms with van der Waals surface area (Å²) < 4.78 is 20.8. The van der Waals surface area contributed by atoms with E-state index in [9.17, 15) is 9.18 Å². The molecule has 0 radical (unpaired) electrons. The first kappa shape index (κ1) is 17.0. The second-order valence-corrected chi connectivity index (χ2v) is 7.03. The summed E-state index contributed by atoms with van der Waals surface area (Å²) in [4.78, 5) is 14.4. The molecule has 23 heavy (non-hydrogen) atoms. The van der Waals surface area contributed by atoms with E-state index in [4.69, 9.17) is 4.74 Å². The van der Waals surface area contributed by atoms with E-state index < -0.39 is 0 Å². The Morgan fingerprint density at radius 1 is 1.26 bits per heavy atom. The minimum absolute atomic E-state index is 0.0110. The van der Waals surface area contributed by atoms with E-state index in [1.54, 1.807) is 6.07 Å². The van der Waals surface area contributed by atoms with Crippen LogP contribution in [0.15, 0.2) is 18.2 Å². The van der Waals surface area contributed by atoms with Crippen LogP contribution in [-0.2, 0) is 4.79 Å². The Morgan fingerprint density at radius 3 is 2.61 bits per heavy atom. The summed E-state index contributed by atoms with van der Waals surface area (Å²) >= 11 is 2.37. The number of rotatable bonds is 5. The van der Waals surface area contributed by atoms with E-state index in [-0.39, 0.29) is 23.7 Å². The Balaban J connectivity index is 1.60. The third kappa shape index (κ3) is 4.56. The lowest BCUT2D eigenvalue weighted by atomic mass is 9.85. The number of carbonyl (C=O) groups is 1. The van der Waals surface area contributed by atoms with Gasteiger partial charge in [0, 0.05) is 36.8 Å². The van der Waals surface area contributed by atoms with Gasteiger partial charge in [-0.3, -0.25) is 9.69 Å². The molecule has 1 saturated carbocycles. The van der Waals surface area contributed by atoms with Gasteiger partial charge in [-0.1, -0.05) is 29.0 Å². The summed E-state index contributed by atoms with van der Waals surface area (Å²) in [6.45, 7) is 2.02. The third-order valence-corrected chi connectivity index (χ3v) is 5.59. The van der Waals surface area contributed by atoms with Crippen LogP contribution in [0.5, 0.6) is 5.75 Å². The van der Waals surface area contributed by atoms with E-state index in [0.29, 0.717) is 11.4 Å². The van der Waals surface area contributed by atoms with Crippen molar-refractivity contribution < 1.29 is 13.9 Å². The fourth-order valence-electron chi connectivity index (χ4n) is 2.96. The number of nitrogens with one attached hydrogen (secondary N) is 1. The van der Waals surface area contributed by atoms with Crippen LogP contribution in [0.3, 0.4) is 0 Å². The van der Waals surface area contributed by atoms with E-state index >= 15 is 0 Å². The van der Waals surface area contributed by atoms with Crippen molar-refractivity contribution in [3.05, 3.63) is 24.0 Å². The molecule has 1 saturated heterocycles. The predicted octanol–water partition coefficient (Wildman–Crippen LogP) is 3.80. The molecule has 2 fully saturated rings. The average Bonchev–Trinajstić information content (AvgIpc) is 2.45. The zero-order valence-corrected chi connectivity index (χ0v) is 15.2. The number of piperidine rings is 1. The summed E-state index contributed by atoms with van der Waals surface area (Å²) in [6, 6.07) is 4.47. The Hall–Kier alpha value is -0.890. The molecule has 1 amide bonds. The summed E-state index contributed by atoms with van der Waals surface area (Å²) in [5.41, 5.74) is 0.488.